The van der Waals surface area contributed by atoms with Gasteiger partial charge in [0.15, 0.2) is 0 Å². The molecule has 0 aliphatic carbocycles. The van der Waals surface area contributed by atoms with Gasteiger partial charge < -0.3 is 20.4 Å². The van der Waals surface area contributed by atoms with E-state index < -0.39 is 0 Å². The van der Waals surface area contributed by atoms with Crippen molar-refractivity contribution in [3.63, 3.8) is 0 Å². The highest BCUT2D eigenvalue weighted by atomic mass is 16.5. The summed E-state index contributed by atoms with van der Waals surface area (Å²) in [5.41, 5.74) is 4.64. The van der Waals surface area contributed by atoms with Crippen LogP contribution in [0.2, 0.25) is 0 Å². The van der Waals surface area contributed by atoms with Crippen LogP contribution in [0.1, 0.15) is 33.0 Å². The molecule has 0 aliphatic heterocycles. The van der Waals surface area contributed by atoms with Gasteiger partial charge in [0.25, 0.3) is 5.91 Å². The lowest BCUT2D eigenvalue weighted by Gasteiger charge is -2.19. The van der Waals surface area contributed by atoms with Gasteiger partial charge in [-0.1, -0.05) is 48.5 Å². The molecule has 1 aromatic heterocycles. The summed E-state index contributed by atoms with van der Waals surface area (Å²) < 4.78 is 5.29. The molecule has 1 heterocycles. The van der Waals surface area contributed by atoms with E-state index in [1.165, 1.54) is 0 Å². The first-order valence-corrected chi connectivity index (χ1v) is 10.9. The molecular formula is C27H27N3O3. The topological polar surface area (TPSA) is 83.2 Å². The second-order valence-corrected chi connectivity index (χ2v) is 7.92. The number of fused-ring (bicyclic) bond motifs is 1. The van der Waals surface area contributed by atoms with Crippen molar-refractivity contribution in [1.29, 1.82) is 0 Å². The number of carbonyl (C=O) groups is 2. The van der Waals surface area contributed by atoms with E-state index in [2.05, 4.69) is 21.7 Å². The van der Waals surface area contributed by atoms with E-state index in [-0.39, 0.29) is 24.3 Å². The van der Waals surface area contributed by atoms with Crippen LogP contribution in [0.4, 0.5) is 0 Å². The van der Waals surface area contributed by atoms with Crippen LogP contribution in [-0.2, 0) is 4.79 Å². The third-order valence-corrected chi connectivity index (χ3v) is 5.82. The van der Waals surface area contributed by atoms with Gasteiger partial charge in [0.05, 0.1) is 13.7 Å². The fourth-order valence-electron chi connectivity index (χ4n) is 3.99. The van der Waals surface area contributed by atoms with Gasteiger partial charge >= 0.3 is 0 Å². The number of H-pyrrole nitrogens is 1. The van der Waals surface area contributed by atoms with E-state index in [1.807, 2.05) is 73.8 Å². The Balaban J connectivity index is 1.48. The molecule has 4 aromatic rings. The molecular weight excluding hydrogens is 414 g/mol. The number of methoxy groups -OCH3 is 1. The number of aromatic nitrogens is 1. The van der Waals surface area contributed by atoms with Crippen molar-refractivity contribution >= 4 is 22.7 Å². The number of aromatic amines is 1. The zero-order chi connectivity index (χ0) is 23.2. The van der Waals surface area contributed by atoms with E-state index in [0.29, 0.717) is 12.1 Å². The summed E-state index contributed by atoms with van der Waals surface area (Å²) in [7, 11) is 1.64. The molecule has 3 N–H and O–H groups in total. The summed E-state index contributed by atoms with van der Waals surface area (Å²) in [6.07, 6.45) is 1.99. The summed E-state index contributed by atoms with van der Waals surface area (Å²) in [4.78, 5) is 28.3. The molecule has 0 spiro atoms. The van der Waals surface area contributed by atoms with Crippen molar-refractivity contribution in [2.45, 2.75) is 12.8 Å². The lowest BCUT2D eigenvalue weighted by Crippen LogP contribution is -2.38. The fraction of sp³-hybridized carbons (Fsp3) is 0.185. The van der Waals surface area contributed by atoms with Gasteiger partial charge in [-0.2, -0.15) is 0 Å². The Hall–Kier alpha value is -4.06. The zero-order valence-electron chi connectivity index (χ0n) is 18.7. The summed E-state index contributed by atoms with van der Waals surface area (Å²) in [6, 6.07) is 23.3. The Morgan fingerprint density at radius 2 is 1.67 bits per heavy atom. The van der Waals surface area contributed by atoms with Crippen molar-refractivity contribution in [3.05, 3.63) is 101 Å². The van der Waals surface area contributed by atoms with Crippen molar-refractivity contribution in [1.82, 2.24) is 15.6 Å². The van der Waals surface area contributed by atoms with Crippen LogP contribution in [0.25, 0.3) is 10.9 Å². The molecule has 0 saturated heterocycles. The van der Waals surface area contributed by atoms with Crippen molar-refractivity contribution < 1.29 is 14.3 Å². The normalized spacial score (nSPS) is 11.7. The maximum absolute atomic E-state index is 12.6. The van der Waals surface area contributed by atoms with Crippen LogP contribution in [0.3, 0.4) is 0 Å². The highest BCUT2D eigenvalue weighted by Crippen LogP contribution is 2.31. The van der Waals surface area contributed by atoms with E-state index in [1.54, 1.807) is 13.2 Å². The third kappa shape index (κ3) is 5.06. The monoisotopic (exact) mass is 441 g/mol. The Kier molecular flexibility index (Phi) is 6.74. The number of nitrogens with one attached hydrogen (secondary N) is 3. The fourth-order valence-corrected chi connectivity index (χ4v) is 3.99. The zero-order valence-corrected chi connectivity index (χ0v) is 18.7. The summed E-state index contributed by atoms with van der Waals surface area (Å²) >= 11 is 0. The second-order valence-electron chi connectivity index (χ2n) is 7.92. The molecule has 168 valence electrons. The van der Waals surface area contributed by atoms with Gasteiger partial charge in [-0.25, -0.2) is 0 Å². The first kappa shape index (κ1) is 22.1. The Morgan fingerprint density at radius 1 is 0.939 bits per heavy atom. The minimum atomic E-state index is -0.258. The van der Waals surface area contributed by atoms with E-state index in [4.69, 9.17) is 4.74 Å². The third-order valence-electron chi connectivity index (χ3n) is 5.82. The molecule has 0 saturated carbocycles. The number of para-hydroxylation sites is 1. The number of ether oxygens (including phenoxy) is 1. The maximum Gasteiger partial charge on any atom is 0.251 e. The number of rotatable bonds is 8. The average molecular weight is 442 g/mol. The summed E-state index contributed by atoms with van der Waals surface area (Å²) in [5.74, 6) is 0.212. The predicted molar refractivity (Wildman–Crippen MR) is 130 cm³/mol. The molecule has 1 unspecified atom stereocenters. The van der Waals surface area contributed by atoms with Crippen LogP contribution < -0.4 is 15.4 Å². The first-order chi connectivity index (χ1) is 16.1. The molecule has 0 radical (unpaired) electrons. The van der Waals surface area contributed by atoms with Crippen molar-refractivity contribution in [2.75, 3.05) is 20.2 Å². The van der Waals surface area contributed by atoms with Gasteiger partial charge in [0.1, 0.15) is 5.75 Å². The standard InChI is InChI=1S/C27H27N3O3/c1-18-7-3-4-8-21(18)27(32)30-17-26(31)29-15-23(19-11-13-20(33-2)14-12-19)24-16-28-25-10-6-5-9-22(24)25/h3-14,16,23,28H,15,17H2,1-2H3,(H,29,31)(H,30,32). The number of amides is 2. The van der Waals surface area contributed by atoms with E-state index in [9.17, 15) is 9.59 Å². The van der Waals surface area contributed by atoms with Crippen molar-refractivity contribution in [2.24, 2.45) is 0 Å². The summed E-state index contributed by atoms with van der Waals surface area (Å²) in [6.45, 7) is 2.18. The second kappa shape index (κ2) is 10.0. The molecule has 0 bridgehead atoms. The average Bonchev–Trinajstić information content (AvgIpc) is 3.27. The van der Waals surface area contributed by atoms with Crippen LogP contribution in [0, 0.1) is 6.92 Å². The van der Waals surface area contributed by atoms with Gasteiger partial charge in [0, 0.05) is 35.1 Å². The van der Waals surface area contributed by atoms with Gasteiger partial charge in [-0.05, 0) is 47.9 Å². The minimum absolute atomic E-state index is 0.0666. The quantitative estimate of drug-likeness (QED) is 0.384. The first-order valence-electron chi connectivity index (χ1n) is 10.9. The Morgan fingerprint density at radius 3 is 2.42 bits per heavy atom. The summed E-state index contributed by atoms with van der Waals surface area (Å²) in [5, 5.41) is 6.81. The van der Waals surface area contributed by atoms with Crippen LogP contribution >= 0.6 is 0 Å². The van der Waals surface area contributed by atoms with E-state index >= 15 is 0 Å². The van der Waals surface area contributed by atoms with Gasteiger partial charge in [0.2, 0.25) is 5.91 Å². The Labute approximate surface area is 193 Å². The highest BCUT2D eigenvalue weighted by molar-refractivity contribution is 5.97. The molecule has 6 nitrogen and oxygen atoms in total. The SMILES string of the molecule is COc1ccc(C(CNC(=O)CNC(=O)c2ccccc2C)c2c[nH]c3ccccc23)cc1. The Bertz CT molecular complexity index is 1260. The van der Waals surface area contributed by atoms with E-state index in [0.717, 1.165) is 33.3 Å². The van der Waals surface area contributed by atoms with Crippen molar-refractivity contribution in [3.8, 4) is 5.75 Å². The minimum Gasteiger partial charge on any atom is -0.497 e. The number of hydrogen-bond donors (Lipinski definition) is 3. The highest BCUT2D eigenvalue weighted by Gasteiger charge is 2.19. The lowest BCUT2D eigenvalue weighted by molar-refractivity contribution is -0.120. The predicted octanol–water partition coefficient (Wildman–Crippen LogP) is 4.16. The van der Waals surface area contributed by atoms with Gasteiger partial charge in [-0.15, -0.1) is 0 Å². The number of hydrogen-bond acceptors (Lipinski definition) is 3. The molecule has 4 rings (SSSR count). The maximum atomic E-state index is 12.6. The van der Waals surface area contributed by atoms with Crippen LogP contribution in [0.5, 0.6) is 5.75 Å². The molecule has 2 amide bonds. The molecule has 1 atom stereocenters. The lowest BCUT2D eigenvalue weighted by atomic mass is 9.91. The molecule has 0 aliphatic rings. The smallest absolute Gasteiger partial charge is 0.251 e. The van der Waals surface area contributed by atoms with Gasteiger partial charge in [-0.3, -0.25) is 9.59 Å². The largest absolute Gasteiger partial charge is 0.497 e. The number of benzene rings is 3. The molecule has 0 fully saturated rings. The molecule has 6 heteroatoms. The van der Waals surface area contributed by atoms with Crippen LogP contribution in [0.15, 0.2) is 79.0 Å². The molecule has 33 heavy (non-hydrogen) atoms. The van der Waals surface area contributed by atoms with Crippen LogP contribution in [-0.4, -0.2) is 37.0 Å². The number of aryl methyl sites for hydroxylation is 1. The number of carbonyl (C=O) groups excluding carboxylic acids is 2. The molecule has 3 aromatic carbocycles.